The molecule has 1 heterocycles. The van der Waals surface area contributed by atoms with E-state index in [1.807, 2.05) is 20.8 Å². The molecular weight excluding hydrogens is 188 g/mol. The van der Waals surface area contributed by atoms with Gasteiger partial charge in [0.15, 0.2) is 0 Å². The van der Waals surface area contributed by atoms with E-state index in [1.54, 1.807) is 0 Å². The highest BCUT2D eigenvalue weighted by Gasteiger charge is 2.33. The largest absolute Gasteiger partial charge is 0.370 e. The van der Waals surface area contributed by atoms with E-state index < -0.39 is 5.54 Å². The van der Waals surface area contributed by atoms with Crippen LogP contribution >= 0.6 is 0 Å². The highest BCUT2D eigenvalue weighted by molar-refractivity contribution is 6.06. The lowest BCUT2D eigenvalue weighted by Crippen LogP contribution is -2.47. The van der Waals surface area contributed by atoms with Crippen molar-refractivity contribution in [3.8, 4) is 0 Å². The molecule has 0 aliphatic carbocycles. The number of anilines is 2. The minimum Gasteiger partial charge on any atom is -0.370 e. The van der Waals surface area contributed by atoms with E-state index in [9.17, 15) is 4.79 Å². The number of carbonyl (C=O) groups excluding carboxylic acids is 1. The van der Waals surface area contributed by atoms with Gasteiger partial charge in [0.05, 0.1) is 11.4 Å². The number of benzene rings is 1. The van der Waals surface area contributed by atoms with Crippen LogP contribution in [-0.4, -0.2) is 11.4 Å². The molecule has 3 nitrogen and oxygen atoms in total. The SMILES string of the molecule is Cc1cc(C)c2c(c1)NC(C)(C)C(=O)N2. The summed E-state index contributed by atoms with van der Waals surface area (Å²) in [6, 6.07) is 4.13. The van der Waals surface area contributed by atoms with Crippen LogP contribution in [0.5, 0.6) is 0 Å². The first-order valence-corrected chi connectivity index (χ1v) is 5.11. The zero-order chi connectivity index (χ0) is 11.2. The van der Waals surface area contributed by atoms with Crippen molar-refractivity contribution in [2.24, 2.45) is 0 Å². The summed E-state index contributed by atoms with van der Waals surface area (Å²) in [6.45, 7) is 7.82. The molecule has 1 aromatic rings. The molecule has 0 spiro atoms. The maximum atomic E-state index is 11.7. The standard InChI is InChI=1S/C12H16N2O/c1-7-5-8(2)10-9(6-7)14-12(3,4)11(15)13-10/h5-6,14H,1-4H3,(H,13,15). The highest BCUT2D eigenvalue weighted by atomic mass is 16.2. The Kier molecular flexibility index (Phi) is 2.00. The lowest BCUT2D eigenvalue weighted by atomic mass is 9.97. The Morgan fingerprint density at radius 3 is 2.53 bits per heavy atom. The molecule has 2 N–H and O–H groups in total. The first-order chi connectivity index (χ1) is 6.90. The third-order valence-electron chi connectivity index (χ3n) is 2.73. The van der Waals surface area contributed by atoms with Gasteiger partial charge in [0.2, 0.25) is 5.91 Å². The van der Waals surface area contributed by atoms with Crippen LogP contribution in [0.4, 0.5) is 11.4 Å². The number of nitrogens with one attached hydrogen (secondary N) is 2. The van der Waals surface area contributed by atoms with Crippen LogP contribution in [-0.2, 0) is 4.79 Å². The monoisotopic (exact) mass is 204 g/mol. The van der Waals surface area contributed by atoms with E-state index in [2.05, 4.69) is 29.7 Å². The molecule has 1 amide bonds. The Morgan fingerprint density at radius 1 is 1.20 bits per heavy atom. The molecule has 0 radical (unpaired) electrons. The van der Waals surface area contributed by atoms with Gasteiger partial charge in [-0.15, -0.1) is 0 Å². The van der Waals surface area contributed by atoms with E-state index >= 15 is 0 Å². The summed E-state index contributed by atoms with van der Waals surface area (Å²) in [6.07, 6.45) is 0. The molecule has 0 aromatic heterocycles. The molecular formula is C12H16N2O. The normalized spacial score (nSPS) is 17.7. The third kappa shape index (κ3) is 1.58. The molecule has 0 saturated heterocycles. The molecule has 1 aliphatic heterocycles. The van der Waals surface area contributed by atoms with E-state index in [4.69, 9.17) is 0 Å². The van der Waals surface area contributed by atoms with Gasteiger partial charge in [-0.05, 0) is 44.9 Å². The van der Waals surface area contributed by atoms with Gasteiger partial charge in [0, 0.05) is 0 Å². The van der Waals surface area contributed by atoms with Crippen LogP contribution in [0.25, 0.3) is 0 Å². The van der Waals surface area contributed by atoms with Crippen molar-refractivity contribution >= 4 is 17.3 Å². The highest BCUT2D eigenvalue weighted by Crippen LogP contribution is 2.34. The van der Waals surface area contributed by atoms with Gasteiger partial charge in [-0.3, -0.25) is 4.79 Å². The van der Waals surface area contributed by atoms with Gasteiger partial charge < -0.3 is 10.6 Å². The van der Waals surface area contributed by atoms with Crippen molar-refractivity contribution < 1.29 is 4.79 Å². The smallest absolute Gasteiger partial charge is 0.249 e. The Labute approximate surface area is 89.9 Å². The molecule has 0 bridgehead atoms. The van der Waals surface area contributed by atoms with Crippen LogP contribution in [0.15, 0.2) is 12.1 Å². The maximum Gasteiger partial charge on any atom is 0.249 e. The number of fused-ring (bicyclic) bond motifs is 1. The molecule has 0 atom stereocenters. The molecule has 1 aliphatic rings. The second-order valence-electron chi connectivity index (χ2n) is 4.71. The van der Waals surface area contributed by atoms with Crippen LogP contribution in [0.3, 0.4) is 0 Å². The van der Waals surface area contributed by atoms with Crippen molar-refractivity contribution in [3.63, 3.8) is 0 Å². The summed E-state index contributed by atoms with van der Waals surface area (Å²) >= 11 is 0. The fourth-order valence-electron chi connectivity index (χ4n) is 1.90. The lowest BCUT2D eigenvalue weighted by molar-refractivity contribution is -0.119. The number of rotatable bonds is 0. The van der Waals surface area contributed by atoms with E-state index in [1.165, 1.54) is 5.56 Å². The summed E-state index contributed by atoms with van der Waals surface area (Å²) in [7, 11) is 0. The first-order valence-electron chi connectivity index (χ1n) is 5.11. The predicted octanol–water partition coefficient (Wildman–Crippen LogP) is 2.45. The van der Waals surface area contributed by atoms with E-state index in [-0.39, 0.29) is 5.91 Å². The summed E-state index contributed by atoms with van der Waals surface area (Å²) in [4.78, 5) is 11.7. The van der Waals surface area contributed by atoms with E-state index in [0.29, 0.717) is 0 Å². The zero-order valence-corrected chi connectivity index (χ0v) is 9.56. The van der Waals surface area contributed by atoms with Gasteiger partial charge >= 0.3 is 0 Å². The Hall–Kier alpha value is -1.51. The van der Waals surface area contributed by atoms with Crippen molar-refractivity contribution in [1.82, 2.24) is 0 Å². The molecule has 0 unspecified atom stereocenters. The third-order valence-corrected chi connectivity index (χ3v) is 2.73. The number of amides is 1. The van der Waals surface area contributed by atoms with Crippen LogP contribution in [0, 0.1) is 13.8 Å². The van der Waals surface area contributed by atoms with Gasteiger partial charge in [-0.1, -0.05) is 6.07 Å². The molecule has 3 heteroatoms. The molecule has 1 aromatic carbocycles. The minimum atomic E-state index is -0.534. The fraction of sp³-hybridized carbons (Fsp3) is 0.417. The second kappa shape index (κ2) is 2.99. The lowest BCUT2D eigenvalue weighted by Gasteiger charge is -2.33. The molecule has 15 heavy (non-hydrogen) atoms. The summed E-state index contributed by atoms with van der Waals surface area (Å²) in [5.74, 6) is 0.0157. The van der Waals surface area contributed by atoms with Crippen molar-refractivity contribution in [2.45, 2.75) is 33.2 Å². The zero-order valence-electron chi connectivity index (χ0n) is 9.56. The Balaban J connectivity index is 2.55. The van der Waals surface area contributed by atoms with Crippen molar-refractivity contribution in [1.29, 1.82) is 0 Å². The molecule has 0 fully saturated rings. The van der Waals surface area contributed by atoms with Crippen molar-refractivity contribution in [2.75, 3.05) is 10.6 Å². The average molecular weight is 204 g/mol. The topological polar surface area (TPSA) is 41.1 Å². The first kappa shape index (κ1) is 10.0. The summed E-state index contributed by atoms with van der Waals surface area (Å²) < 4.78 is 0. The van der Waals surface area contributed by atoms with Gasteiger partial charge in [-0.2, -0.15) is 0 Å². The summed E-state index contributed by atoms with van der Waals surface area (Å²) in [5, 5.41) is 6.20. The Morgan fingerprint density at radius 2 is 1.87 bits per heavy atom. The maximum absolute atomic E-state index is 11.7. The number of hydrogen-bond donors (Lipinski definition) is 2. The van der Waals surface area contributed by atoms with Crippen molar-refractivity contribution in [3.05, 3.63) is 23.3 Å². The van der Waals surface area contributed by atoms with Gasteiger partial charge in [0.25, 0.3) is 0 Å². The fourth-order valence-corrected chi connectivity index (χ4v) is 1.90. The van der Waals surface area contributed by atoms with E-state index in [0.717, 1.165) is 16.9 Å². The number of aryl methyl sites for hydroxylation is 2. The quantitative estimate of drug-likeness (QED) is 0.681. The van der Waals surface area contributed by atoms with Crippen LogP contribution in [0.2, 0.25) is 0 Å². The molecule has 80 valence electrons. The molecule has 2 rings (SSSR count). The number of hydrogen-bond acceptors (Lipinski definition) is 2. The van der Waals surface area contributed by atoms with Gasteiger partial charge in [-0.25, -0.2) is 0 Å². The van der Waals surface area contributed by atoms with Crippen LogP contribution < -0.4 is 10.6 Å². The minimum absolute atomic E-state index is 0.0157. The Bertz CT molecular complexity index is 435. The average Bonchev–Trinajstić information content (AvgIpc) is 2.08. The number of carbonyl (C=O) groups is 1. The predicted molar refractivity (Wildman–Crippen MR) is 62.2 cm³/mol. The van der Waals surface area contributed by atoms with Gasteiger partial charge in [0.1, 0.15) is 5.54 Å². The summed E-state index contributed by atoms with van der Waals surface area (Å²) in [5.41, 5.74) is 3.68. The van der Waals surface area contributed by atoms with Crippen LogP contribution in [0.1, 0.15) is 25.0 Å². The molecule has 0 saturated carbocycles. The second-order valence-corrected chi connectivity index (χ2v) is 4.71.